The first-order valence-electron chi connectivity index (χ1n) is 9.32. The fourth-order valence-corrected chi connectivity index (χ4v) is 8.40. The number of nitrogens with zero attached hydrogens (tertiary/aromatic N) is 1. The molecule has 0 radical (unpaired) electrons. The second-order valence-electron chi connectivity index (χ2n) is 7.92. The minimum Gasteiger partial charge on any atom is -0.395 e. The Labute approximate surface area is 162 Å². The molecule has 1 aromatic heterocycles. The van der Waals surface area contributed by atoms with Crippen LogP contribution in [0.5, 0.6) is 0 Å². The molecular formula is C22H28N2O2Si. The highest BCUT2D eigenvalue weighted by atomic mass is 28.4. The van der Waals surface area contributed by atoms with E-state index in [9.17, 15) is 5.11 Å². The summed E-state index contributed by atoms with van der Waals surface area (Å²) in [5.41, 5.74) is 0. The number of nitrogens with one attached hydrogen (secondary N) is 1. The number of imidazole rings is 1. The SMILES string of the molecule is CC(O)C(O[Si](c1ccccc1)(c1ccccc1)C(C)(C)C)c1ncc[nH]1. The summed E-state index contributed by atoms with van der Waals surface area (Å²) in [6.07, 6.45) is 2.22. The van der Waals surface area contributed by atoms with E-state index in [-0.39, 0.29) is 5.04 Å². The molecule has 27 heavy (non-hydrogen) atoms. The first-order chi connectivity index (χ1) is 12.9. The summed E-state index contributed by atoms with van der Waals surface area (Å²) in [6.45, 7) is 8.42. The highest BCUT2D eigenvalue weighted by Crippen LogP contribution is 2.40. The molecule has 0 amide bonds. The maximum atomic E-state index is 10.5. The Morgan fingerprint density at radius 2 is 1.48 bits per heavy atom. The third kappa shape index (κ3) is 3.76. The maximum absolute atomic E-state index is 10.5. The van der Waals surface area contributed by atoms with Gasteiger partial charge in [0.2, 0.25) is 0 Å². The van der Waals surface area contributed by atoms with Crippen LogP contribution in [0.2, 0.25) is 5.04 Å². The van der Waals surface area contributed by atoms with Crippen LogP contribution in [-0.2, 0) is 4.43 Å². The van der Waals surface area contributed by atoms with Gasteiger partial charge in [0.05, 0.1) is 6.10 Å². The standard InChI is InChI=1S/C22H28N2O2Si/c1-17(25)20(21-23-15-16-24-21)26-27(22(2,3)4,18-11-7-5-8-12-18)19-13-9-6-10-14-19/h5-17,20,25H,1-4H3,(H,23,24). The predicted octanol–water partition coefficient (Wildman–Crippen LogP) is 3.41. The van der Waals surface area contributed by atoms with Gasteiger partial charge in [-0.2, -0.15) is 0 Å². The molecule has 5 heteroatoms. The normalized spacial score (nSPS) is 14.7. The van der Waals surface area contributed by atoms with Crippen LogP contribution in [0.15, 0.2) is 73.1 Å². The lowest BCUT2D eigenvalue weighted by Gasteiger charge is -2.45. The monoisotopic (exact) mass is 380 g/mol. The second kappa shape index (κ2) is 7.80. The van der Waals surface area contributed by atoms with Crippen molar-refractivity contribution in [2.45, 2.75) is 44.9 Å². The van der Waals surface area contributed by atoms with E-state index in [1.54, 1.807) is 19.3 Å². The van der Waals surface area contributed by atoms with E-state index in [0.717, 1.165) is 0 Å². The van der Waals surface area contributed by atoms with Gasteiger partial charge in [0, 0.05) is 12.4 Å². The number of hydrogen-bond donors (Lipinski definition) is 2. The topological polar surface area (TPSA) is 58.1 Å². The molecule has 4 nitrogen and oxygen atoms in total. The lowest BCUT2D eigenvalue weighted by molar-refractivity contribution is 0.0364. The number of aromatic nitrogens is 2. The van der Waals surface area contributed by atoms with Crippen LogP contribution in [-0.4, -0.2) is 29.5 Å². The lowest BCUT2D eigenvalue weighted by Crippen LogP contribution is -2.67. The fraction of sp³-hybridized carbons (Fsp3) is 0.318. The molecular weight excluding hydrogens is 352 g/mol. The van der Waals surface area contributed by atoms with Crippen LogP contribution < -0.4 is 10.4 Å². The molecule has 142 valence electrons. The molecule has 0 aliphatic heterocycles. The fourth-order valence-electron chi connectivity index (χ4n) is 3.70. The Morgan fingerprint density at radius 1 is 0.963 bits per heavy atom. The van der Waals surface area contributed by atoms with Crippen LogP contribution in [0.1, 0.15) is 39.6 Å². The molecule has 2 atom stereocenters. The van der Waals surface area contributed by atoms with Crippen LogP contribution in [0.4, 0.5) is 0 Å². The van der Waals surface area contributed by atoms with Crippen molar-refractivity contribution in [3.63, 3.8) is 0 Å². The van der Waals surface area contributed by atoms with E-state index >= 15 is 0 Å². The third-order valence-electron chi connectivity index (χ3n) is 4.95. The van der Waals surface area contributed by atoms with E-state index in [1.807, 2.05) is 12.1 Å². The van der Waals surface area contributed by atoms with Crippen molar-refractivity contribution in [3.05, 3.63) is 78.9 Å². The number of benzene rings is 2. The van der Waals surface area contributed by atoms with Crippen molar-refractivity contribution in [2.24, 2.45) is 0 Å². The molecule has 0 aliphatic carbocycles. The van der Waals surface area contributed by atoms with Gasteiger partial charge in [-0.15, -0.1) is 0 Å². The van der Waals surface area contributed by atoms with Gasteiger partial charge >= 0.3 is 0 Å². The van der Waals surface area contributed by atoms with Crippen LogP contribution >= 0.6 is 0 Å². The van der Waals surface area contributed by atoms with Crippen molar-refractivity contribution in [3.8, 4) is 0 Å². The zero-order valence-corrected chi connectivity index (χ0v) is 17.4. The van der Waals surface area contributed by atoms with Crippen LogP contribution in [0.25, 0.3) is 0 Å². The van der Waals surface area contributed by atoms with Gasteiger partial charge in [0.1, 0.15) is 11.9 Å². The number of aromatic amines is 1. The summed E-state index contributed by atoms with van der Waals surface area (Å²) in [7, 11) is -2.75. The minimum atomic E-state index is -2.75. The average molecular weight is 381 g/mol. The third-order valence-corrected chi connectivity index (χ3v) is 9.96. The summed E-state index contributed by atoms with van der Waals surface area (Å²) < 4.78 is 6.98. The first kappa shape index (κ1) is 19.5. The smallest absolute Gasteiger partial charge is 0.262 e. The molecule has 2 unspecified atom stereocenters. The van der Waals surface area contributed by atoms with Crippen molar-refractivity contribution in [2.75, 3.05) is 0 Å². The predicted molar refractivity (Wildman–Crippen MR) is 112 cm³/mol. The van der Waals surface area contributed by atoms with Crippen molar-refractivity contribution >= 4 is 18.7 Å². The molecule has 2 aromatic carbocycles. The van der Waals surface area contributed by atoms with Gasteiger partial charge in [0.15, 0.2) is 0 Å². The summed E-state index contributed by atoms with van der Waals surface area (Å²) >= 11 is 0. The molecule has 0 aliphatic rings. The molecule has 0 bridgehead atoms. The average Bonchev–Trinajstić information content (AvgIpc) is 3.17. The van der Waals surface area contributed by atoms with Gasteiger partial charge < -0.3 is 14.5 Å². The maximum Gasteiger partial charge on any atom is 0.262 e. The Kier molecular flexibility index (Phi) is 5.65. The Morgan fingerprint density at radius 3 is 1.85 bits per heavy atom. The zero-order valence-electron chi connectivity index (χ0n) is 16.4. The molecule has 2 N–H and O–H groups in total. The number of rotatable bonds is 6. The van der Waals surface area contributed by atoms with Crippen LogP contribution in [0, 0.1) is 0 Å². The van der Waals surface area contributed by atoms with Gasteiger partial charge in [-0.1, -0.05) is 81.4 Å². The van der Waals surface area contributed by atoms with Gasteiger partial charge in [-0.25, -0.2) is 4.98 Å². The highest BCUT2D eigenvalue weighted by Gasteiger charge is 2.52. The second-order valence-corrected chi connectivity index (χ2v) is 12.2. The first-order valence-corrected chi connectivity index (χ1v) is 11.2. The summed E-state index contributed by atoms with van der Waals surface area (Å²) in [6, 6.07) is 20.8. The van der Waals surface area contributed by atoms with E-state index in [1.165, 1.54) is 10.4 Å². The number of H-pyrrole nitrogens is 1. The number of hydrogen-bond acceptors (Lipinski definition) is 3. The van der Waals surface area contributed by atoms with Gasteiger partial charge in [-0.05, 0) is 22.3 Å². The van der Waals surface area contributed by atoms with Crippen molar-refractivity contribution < 1.29 is 9.53 Å². The van der Waals surface area contributed by atoms with Gasteiger partial charge in [-0.3, -0.25) is 0 Å². The molecule has 3 rings (SSSR count). The zero-order chi connectivity index (χ0) is 19.5. The molecule has 0 saturated carbocycles. The summed E-state index contributed by atoms with van der Waals surface area (Å²) in [5, 5.41) is 12.7. The molecule has 3 aromatic rings. The van der Waals surface area contributed by atoms with E-state index in [0.29, 0.717) is 5.82 Å². The molecule has 0 saturated heterocycles. The quantitative estimate of drug-likeness (QED) is 0.644. The number of aliphatic hydroxyl groups excluding tert-OH is 1. The Bertz CT molecular complexity index is 788. The largest absolute Gasteiger partial charge is 0.395 e. The van der Waals surface area contributed by atoms with Crippen molar-refractivity contribution in [1.82, 2.24) is 9.97 Å². The van der Waals surface area contributed by atoms with Gasteiger partial charge in [0.25, 0.3) is 8.32 Å². The van der Waals surface area contributed by atoms with E-state index in [2.05, 4.69) is 79.3 Å². The number of aliphatic hydroxyl groups is 1. The van der Waals surface area contributed by atoms with E-state index in [4.69, 9.17) is 4.43 Å². The molecule has 0 spiro atoms. The molecule has 0 fully saturated rings. The lowest BCUT2D eigenvalue weighted by atomic mass is 10.2. The Hall–Kier alpha value is -2.21. The summed E-state index contributed by atoms with van der Waals surface area (Å²) in [4.78, 5) is 7.49. The molecule has 1 heterocycles. The van der Waals surface area contributed by atoms with E-state index < -0.39 is 20.5 Å². The van der Waals surface area contributed by atoms with Crippen molar-refractivity contribution in [1.29, 1.82) is 0 Å². The minimum absolute atomic E-state index is 0.157. The summed E-state index contributed by atoms with van der Waals surface area (Å²) in [5.74, 6) is 0.651. The highest BCUT2D eigenvalue weighted by molar-refractivity contribution is 6.99. The van der Waals surface area contributed by atoms with Crippen LogP contribution in [0.3, 0.4) is 0 Å². The Balaban J connectivity index is 2.23.